The van der Waals surface area contributed by atoms with Crippen molar-refractivity contribution < 1.29 is 14.6 Å². The minimum atomic E-state index is -0.719. The van der Waals surface area contributed by atoms with E-state index in [2.05, 4.69) is 11.8 Å². The minimum Gasteiger partial charge on any atom is -0.480 e. The number of aliphatic carboxylic acids is 1. The molecule has 2 unspecified atom stereocenters. The molecule has 0 saturated heterocycles. The average Bonchev–Trinajstić information content (AvgIpc) is 3.05. The van der Waals surface area contributed by atoms with E-state index in [-0.39, 0.29) is 5.92 Å². The number of methoxy groups -OCH3 is 1. The van der Waals surface area contributed by atoms with Crippen molar-refractivity contribution in [3.05, 3.63) is 0 Å². The van der Waals surface area contributed by atoms with E-state index in [1.165, 1.54) is 12.8 Å². The van der Waals surface area contributed by atoms with E-state index in [1.807, 2.05) is 13.8 Å². The molecule has 1 fully saturated rings. The van der Waals surface area contributed by atoms with E-state index >= 15 is 0 Å². The van der Waals surface area contributed by atoms with Gasteiger partial charge in [-0.05, 0) is 31.6 Å². The van der Waals surface area contributed by atoms with Crippen molar-refractivity contribution in [1.29, 1.82) is 0 Å². The van der Waals surface area contributed by atoms with Gasteiger partial charge in [0.2, 0.25) is 0 Å². The molecule has 0 spiro atoms. The first-order valence-electron chi connectivity index (χ1n) is 6.46. The molecule has 4 heteroatoms. The summed E-state index contributed by atoms with van der Waals surface area (Å²) >= 11 is 0. The van der Waals surface area contributed by atoms with Crippen LogP contribution in [-0.4, -0.2) is 48.3 Å². The zero-order valence-corrected chi connectivity index (χ0v) is 11.3. The number of nitrogens with zero attached hydrogens (tertiary/aromatic N) is 1. The second-order valence-electron chi connectivity index (χ2n) is 5.34. The van der Waals surface area contributed by atoms with E-state index in [0.29, 0.717) is 25.1 Å². The van der Waals surface area contributed by atoms with E-state index < -0.39 is 12.0 Å². The Balaban J connectivity index is 2.73. The Kier molecular flexibility index (Phi) is 5.40. The first kappa shape index (κ1) is 14.5. The quantitative estimate of drug-likeness (QED) is 0.707. The lowest BCUT2D eigenvalue weighted by Crippen LogP contribution is -2.51. The Morgan fingerprint density at radius 3 is 2.35 bits per heavy atom. The highest BCUT2D eigenvalue weighted by Gasteiger charge is 2.38. The smallest absolute Gasteiger partial charge is 0.321 e. The molecule has 17 heavy (non-hydrogen) atoms. The lowest BCUT2D eigenvalue weighted by molar-refractivity contribution is -0.146. The van der Waals surface area contributed by atoms with Crippen LogP contribution in [0.5, 0.6) is 0 Å². The van der Waals surface area contributed by atoms with Crippen LogP contribution in [0.4, 0.5) is 0 Å². The zero-order valence-electron chi connectivity index (χ0n) is 11.3. The third-order valence-electron chi connectivity index (χ3n) is 3.62. The van der Waals surface area contributed by atoms with Crippen LogP contribution in [0.15, 0.2) is 0 Å². The highest BCUT2D eigenvalue weighted by Crippen LogP contribution is 2.36. The van der Waals surface area contributed by atoms with Crippen LogP contribution >= 0.6 is 0 Å². The summed E-state index contributed by atoms with van der Waals surface area (Å²) in [6.45, 7) is 7.37. The molecule has 2 atom stereocenters. The Hall–Kier alpha value is -0.610. The van der Waals surface area contributed by atoms with Crippen LogP contribution in [0.2, 0.25) is 0 Å². The number of carbonyl (C=O) groups is 1. The van der Waals surface area contributed by atoms with Gasteiger partial charge in [0.1, 0.15) is 6.04 Å². The van der Waals surface area contributed by atoms with Crippen molar-refractivity contribution in [3.63, 3.8) is 0 Å². The number of rotatable bonds is 8. The minimum absolute atomic E-state index is 0.116. The Labute approximate surface area is 104 Å². The summed E-state index contributed by atoms with van der Waals surface area (Å²) < 4.78 is 5.10. The molecule has 0 bridgehead atoms. The van der Waals surface area contributed by atoms with Gasteiger partial charge in [-0.3, -0.25) is 9.69 Å². The topological polar surface area (TPSA) is 49.8 Å². The summed E-state index contributed by atoms with van der Waals surface area (Å²) in [6, 6.07) is -0.0607. The third-order valence-corrected chi connectivity index (χ3v) is 3.62. The van der Waals surface area contributed by atoms with Crippen molar-refractivity contribution in [3.8, 4) is 0 Å². The van der Waals surface area contributed by atoms with Gasteiger partial charge in [-0.25, -0.2) is 0 Å². The lowest BCUT2D eigenvalue weighted by atomic mass is 9.99. The summed E-state index contributed by atoms with van der Waals surface area (Å²) in [5.41, 5.74) is 0. The molecule has 1 rings (SSSR count). The molecule has 1 saturated carbocycles. The molecule has 1 aliphatic carbocycles. The van der Waals surface area contributed by atoms with Gasteiger partial charge in [-0.2, -0.15) is 0 Å². The standard InChI is InChI=1S/C13H25NO3/c1-9(2)12(13(15)16)14(7-8-17-4)10(3)11-5-6-11/h9-12H,5-8H2,1-4H3,(H,15,16). The molecule has 0 aromatic rings. The van der Waals surface area contributed by atoms with Gasteiger partial charge in [0.25, 0.3) is 0 Å². The van der Waals surface area contributed by atoms with Gasteiger partial charge >= 0.3 is 5.97 Å². The predicted molar refractivity (Wildman–Crippen MR) is 67.0 cm³/mol. The first-order valence-corrected chi connectivity index (χ1v) is 6.46. The van der Waals surface area contributed by atoms with E-state index in [0.717, 1.165) is 0 Å². The van der Waals surface area contributed by atoms with Crippen LogP contribution < -0.4 is 0 Å². The molecule has 1 N–H and O–H groups in total. The largest absolute Gasteiger partial charge is 0.480 e. The number of hydrogen-bond donors (Lipinski definition) is 1. The Morgan fingerprint density at radius 1 is 1.41 bits per heavy atom. The van der Waals surface area contributed by atoms with Crippen LogP contribution in [0.25, 0.3) is 0 Å². The van der Waals surface area contributed by atoms with Gasteiger partial charge < -0.3 is 9.84 Å². The molecule has 0 heterocycles. The molecule has 4 nitrogen and oxygen atoms in total. The molecule has 0 aromatic carbocycles. The van der Waals surface area contributed by atoms with E-state index in [4.69, 9.17) is 4.74 Å². The normalized spacial score (nSPS) is 19.6. The SMILES string of the molecule is COCCN(C(C)C1CC1)C(C(=O)O)C(C)C. The van der Waals surface area contributed by atoms with Crippen LogP contribution in [0.3, 0.4) is 0 Å². The highest BCUT2D eigenvalue weighted by atomic mass is 16.5. The number of carboxylic acid groups (broad SMARTS) is 1. The highest BCUT2D eigenvalue weighted by molar-refractivity contribution is 5.73. The Morgan fingerprint density at radius 2 is 2.00 bits per heavy atom. The van der Waals surface area contributed by atoms with Crippen molar-refractivity contribution in [2.45, 2.75) is 45.7 Å². The zero-order chi connectivity index (χ0) is 13.0. The average molecular weight is 243 g/mol. The Bertz CT molecular complexity index is 251. The molecule has 0 aliphatic heterocycles. The van der Waals surface area contributed by atoms with E-state index in [1.54, 1.807) is 7.11 Å². The molecule has 0 amide bonds. The van der Waals surface area contributed by atoms with Crippen molar-refractivity contribution in [2.75, 3.05) is 20.3 Å². The first-order chi connectivity index (χ1) is 7.99. The van der Waals surface area contributed by atoms with Crippen LogP contribution in [-0.2, 0) is 9.53 Å². The second kappa shape index (κ2) is 6.36. The van der Waals surface area contributed by atoms with Gasteiger partial charge in [-0.15, -0.1) is 0 Å². The lowest BCUT2D eigenvalue weighted by Gasteiger charge is -2.36. The van der Waals surface area contributed by atoms with Gasteiger partial charge in [-0.1, -0.05) is 13.8 Å². The van der Waals surface area contributed by atoms with Gasteiger partial charge in [0.05, 0.1) is 6.61 Å². The molecule has 100 valence electrons. The van der Waals surface area contributed by atoms with Crippen LogP contribution in [0, 0.1) is 11.8 Å². The van der Waals surface area contributed by atoms with Crippen molar-refractivity contribution >= 4 is 5.97 Å². The van der Waals surface area contributed by atoms with Crippen LogP contribution in [0.1, 0.15) is 33.6 Å². The fourth-order valence-electron chi connectivity index (χ4n) is 2.45. The monoisotopic (exact) mass is 243 g/mol. The maximum atomic E-state index is 11.4. The molecule has 0 aromatic heterocycles. The number of ether oxygens (including phenoxy) is 1. The van der Waals surface area contributed by atoms with Gasteiger partial charge in [0, 0.05) is 19.7 Å². The van der Waals surface area contributed by atoms with Crippen molar-refractivity contribution in [1.82, 2.24) is 4.90 Å². The molecular weight excluding hydrogens is 218 g/mol. The van der Waals surface area contributed by atoms with Gasteiger partial charge in [0.15, 0.2) is 0 Å². The summed E-state index contributed by atoms with van der Waals surface area (Å²) in [4.78, 5) is 13.5. The predicted octanol–water partition coefficient (Wildman–Crippen LogP) is 1.84. The van der Waals surface area contributed by atoms with Crippen molar-refractivity contribution in [2.24, 2.45) is 11.8 Å². The molecular formula is C13H25NO3. The number of carboxylic acids is 1. The number of hydrogen-bond acceptors (Lipinski definition) is 3. The molecule has 0 radical (unpaired) electrons. The maximum Gasteiger partial charge on any atom is 0.321 e. The maximum absolute atomic E-state index is 11.4. The summed E-state index contributed by atoms with van der Waals surface area (Å²) in [5.74, 6) is 0.0709. The third kappa shape index (κ3) is 3.96. The summed E-state index contributed by atoms with van der Waals surface area (Å²) in [5, 5.41) is 9.38. The summed E-state index contributed by atoms with van der Waals surface area (Å²) in [6.07, 6.45) is 2.46. The fraction of sp³-hybridized carbons (Fsp3) is 0.923. The molecule has 1 aliphatic rings. The fourth-order valence-corrected chi connectivity index (χ4v) is 2.45. The van der Waals surface area contributed by atoms with E-state index in [9.17, 15) is 9.90 Å². The summed E-state index contributed by atoms with van der Waals surface area (Å²) in [7, 11) is 1.66. The second-order valence-corrected chi connectivity index (χ2v) is 5.34.